The van der Waals surface area contributed by atoms with Crippen LogP contribution in [0.2, 0.25) is 0 Å². The molecule has 1 N–H and O–H groups in total. The lowest BCUT2D eigenvalue weighted by Gasteiger charge is -2.33. The summed E-state index contributed by atoms with van der Waals surface area (Å²) in [4.78, 5) is 27.3. The molecule has 0 heterocycles. The molecule has 150 valence electrons. The van der Waals surface area contributed by atoms with Gasteiger partial charge in [-0.2, -0.15) is 0 Å². The van der Waals surface area contributed by atoms with Gasteiger partial charge in [0.2, 0.25) is 11.8 Å². The highest BCUT2D eigenvalue weighted by atomic mass is 19.1. The molecule has 0 saturated heterocycles. The summed E-state index contributed by atoms with van der Waals surface area (Å²) in [5.41, 5.74) is 0.898. The maximum Gasteiger partial charge on any atom is 0.243 e. The summed E-state index contributed by atoms with van der Waals surface area (Å²) in [6, 6.07) is 15.2. The van der Waals surface area contributed by atoms with Gasteiger partial charge >= 0.3 is 0 Å². The third kappa shape index (κ3) is 6.19. The number of hydrogen-bond acceptors (Lipinski definition) is 2. The summed E-state index contributed by atoms with van der Waals surface area (Å²) >= 11 is 0. The van der Waals surface area contributed by atoms with E-state index < -0.39 is 11.6 Å². The van der Waals surface area contributed by atoms with E-state index in [0.717, 1.165) is 5.56 Å². The van der Waals surface area contributed by atoms with E-state index in [0.29, 0.717) is 12.0 Å². The molecular weight excluding hydrogens is 355 g/mol. The Morgan fingerprint density at radius 2 is 1.64 bits per heavy atom. The van der Waals surface area contributed by atoms with E-state index in [9.17, 15) is 14.0 Å². The topological polar surface area (TPSA) is 49.4 Å². The van der Waals surface area contributed by atoms with Gasteiger partial charge in [0.1, 0.15) is 11.9 Å². The van der Waals surface area contributed by atoms with Gasteiger partial charge < -0.3 is 10.2 Å². The van der Waals surface area contributed by atoms with Gasteiger partial charge in [0, 0.05) is 30.5 Å². The maximum atomic E-state index is 14.2. The fourth-order valence-corrected chi connectivity index (χ4v) is 3.02. The van der Waals surface area contributed by atoms with Crippen LogP contribution in [0.4, 0.5) is 4.39 Å². The number of nitrogens with zero attached hydrogens (tertiary/aromatic N) is 1. The molecule has 4 nitrogen and oxygen atoms in total. The van der Waals surface area contributed by atoms with E-state index >= 15 is 0 Å². The molecule has 0 saturated carbocycles. The van der Waals surface area contributed by atoms with Gasteiger partial charge in [-0.05, 0) is 32.4 Å². The molecule has 2 aromatic carbocycles. The molecule has 0 aliphatic carbocycles. The van der Waals surface area contributed by atoms with Gasteiger partial charge in [-0.15, -0.1) is 0 Å². The second-order valence-electron chi connectivity index (χ2n) is 7.91. The van der Waals surface area contributed by atoms with Crippen molar-refractivity contribution in [3.63, 3.8) is 0 Å². The molecule has 1 atom stereocenters. The van der Waals surface area contributed by atoms with Gasteiger partial charge in [-0.1, -0.05) is 55.5 Å². The first-order valence-corrected chi connectivity index (χ1v) is 9.60. The van der Waals surface area contributed by atoms with Gasteiger partial charge in [0.25, 0.3) is 0 Å². The lowest BCUT2D eigenvalue weighted by molar-refractivity contribution is -0.141. The zero-order valence-electron chi connectivity index (χ0n) is 17.0. The third-order valence-electron chi connectivity index (χ3n) is 4.37. The van der Waals surface area contributed by atoms with Crippen LogP contribution in [0.15, 0.2) is 54.6 Å². The average molecular weight is 384 g/mol. The standard InChI is InChI=1S/C23H29FN2O2/c1-5-21(27)26(16-18-13-9-10-14-19(18)24)20(22(28)25-23(2,3)4)15-17-11-7-6-8-12-17/h6-14,20H,5,15-16H2,1-4H3,(H,25,28)/t20-/m1/s1. The highest BCUT2D eigenvalue weighted by molar-refractivity contribution is 5.88. The Morgan fingerprint density at radius 3 is 2.21 bits per heavy atom. The fraction of sp³-hybridized carbons (Fsp3) is 0.391. The number of carbonyl (C=O) groups excluding carboxylic acids is 2. The van der Waals surface area contributed by atoms with Crippen molar-refractivity contribution in [1.82, 2.24) is 10.2 Å². The van der Waals surface area contributed by atoms with E-state index in [1.165, 1.54) is 11.0 Å². The van der Waals surface area contributed by atoms with Crippen LogP contribution < -0.4 is 5.32 Å². The number of hydrogen-bond donors (Lipinski definition) is 1. The number of amides is 2. The van der Waals surface area contributed by atoms with Gasteiger partial charge in [-0.3, -0.25) is 9.59 Å². The Hall–Kier alpha value is -2.69. The van der Waals surface area contributed by atoms with Gasteiger partial charge in [-0.25, -0.2) is 4.39 Å². The van der Waals surface area contributed by atoms with Crippen molar-refractivity contribution in [3.8, 4) is 0 Å². The molecule has 0 aliphatic rings. The number of halogens is 1. The van der Waals surface area contributed by atoms with Crippen LogP contribution in [0.5, 0.6) is 0 Å². The Bertz CT molecular complexity index is 800. The predicted molar refractivity (Wildman–Crippen MR) is 109 cm³/mol. The first-order chi connectivity index (χ1) is 13.2. The van der Waals surface area contributed by atoms with E-state index in [1.807, 2.05) is 51.1 Å². The fourth-order valence-electron chi connectivity index (χ4n) is 3.02. The number of benzene rings is 2. The first-order valence-electron chi connectivity index (χ1n) is 9.60. The van der Waals surface area contributed by atoms with Crippen LogP contribution >= 0.6 is 0 Å². The molecule has 0 fully saturated rings. The predicted octanol–water partition coefficient (Wildman–Crippen LogP) is 4.09. The lowest BCUT2D eigenvalue weighted by atomic mass is 10.0. The van der Waals surface area contributed by atoms with Crippen molar-refractivity contribution in [2.45, 2.75) is 58.7 Å². The molecule has 28 heavy (non-hydrogen) atoms. The molecule has 5 heteroatoms. The van der Waals surface area contributed by atoms with Crippen LogP contribution in [-0.4, -0.2) is 28.3 Å². The Kier molecular flexibility index (Phi) is 7.32. The van der Waals surface area contributed by atoms with Crippen molar-refractivity contribution in [2.24, 2.45) is 0 Å². The van der Waals surface area contributed by atoms with Crippen LogP contribution in [-0.2, 0) is 22.6 Å². The largest absolute Gasteiger partial charge is 0.350 e. The zero-order valence-corrected chi connectivity index (χ0v) is 17.0. The molecule has 2 rings (SSSR count). The lowest BCUT2D eigenvalue weighted by Crippen LogP contribution is -2.54. The molecule has 0 spiro atoms. The summed E-state index contributed by atoms with van der Waals surface area (Å²) in [6.45, 7) is 7.49. The van der Waals surface area contributed by atoms with Gasteiger partial charge in [0.05, 0.1) is 0 Å². The molecule has 0 unspecified atom stereocenters. The Balaban J connectivity index is 2.40. The van der Waals surface area contributed by atoms with Crippen LogP contribution in [0.1, 0.15) is 45.2 Å². The Morgan fingerprint density at radius 1 is 1.04 bits per heavy atom. The summed E-state index contributed by atoms with van der Waals surface area (Å²) in [5, 5.41) is 2.97. The molecule has 2 amide bonds. The second kappa shape index (κ2) is 9.49. The van der Waals surface area contributed by atoms with Crippen LogP contribution in [0.25, 0.3) is 0 Å². The average Bonchev–Trinajstić information content (AvgIpc) is 2.64. The van der Waals surface area contributed by atoms with Crippen LogP contribution in [0, 0.1) is 5.82 Å². The summed E-state index contributed by atoms with van der Waals surface area (Å²) < 4.78 is 14.2. The molecule has 2 aromatic rings. The van der Waals surface area contributed by atoms with Crippen molar-refractivity contribution < 1.29 is 14.0 Å². The van der Waals surface area contributed by atoms with E-state index in [2.05, 4.69) is 5.32 Å². The van der Waals surface area contributed by atoms with E-state index in [-0.39, 0.29) is 30.6 Å². The maximum absolute atomic E-state index is 14.2. The molecule has 0 radical (unpaired) electrons. The quantitative estimate of drug-likeness (QED) is 0.782. The minimum Gasteiger partial charge on any atom is -0.350 e. The number of nitrogens with one attached hydrogen (secondary N) is 1. The Labute approximate surface area is 166 Å². The van der Waals surface area contributed by atoms with Crippen molar-refractivity contribution in [3.05, 3.63) is 71.5 Å². The second-order valence-corrected chi connectivity index (χ2v) is 7.91. The third-order valence-corrected chi connectivity index (χ3v) is 4.37. The monoisotopic (exact) mass is 384 g/mol. The normalized spacial score (nSPS) is 12.3. The van der Waals surface area contributed by atoms with Crippen molar-refractivity contribution in [2.75, 3.05) is 0 Å². The zero-order chi connectivity index (χ0) is 20.7. The first kappa shape index (κ1) is 21.6. The highest BCUT2D eigenvalue weighted by Gasteiger charge is 2.31. The molecular formula is C23H29FN2O2. The van der Waals surface area contributed by atoms with E-state index in [1.54, 1.807) is 25.1 Å². The van der Waals surface area contributed by atoms with Crippen molar-refractivity contribution in [1.29, 1.82) is 0 Å². The molecule has 0 aliphatic heterocycles. The van der Waals surface area contributed by atoms with Gasteiger partial charge in [0.15, 0.2) is 0 Å². The molecule has 0 aromatic heterocycles. The minimum absolute atomic E-state index is 0.0500. The minimum atomic E-state index is -0.728. The number of rotatable bonds is 7. The molecule has 0 bridgehead atoms. The van der Waals surface area contributed by atoms with Crippen molar-refractivity contribution >= 4 is 11.8 Å². The SMILES string of the molecule is CCC(=O)N(Cc1ccccc1F)[C@H](Cc1ccccc1)C(=O)NC(C)(C)C. The summed E-state index contributed by atoms with van der Waals surface area (Å²) in [6.07, 6.45) is 0.603. The highest BCUT2D eigenvalue weighted by Crippen LogP contribution is 2.18. The summed E-state index contributed by atoms with van der Waals surface area (Å²) in [5.74, 6) is -0.811. The number of carbonyl (C=O) groups is 2. The van der Waals surface area contributed by atoms with Crippen LogP contribution in [0.3, 0.4) is 0 Å². The smallest absolute Gasteiger partial charge is 0.243 e. The van der Waals surface area contributed by atoms with E-state index in [4.69, 9.17) is 0 Å². The summed E-state index contributed by atoms with van der Waals surface area (Å²) in [7, 11) is 0.